The largest absolute Gasteiger partial charge is 0.444 e. The molecule has 0 radical (unpaired) electrons. The van der Waals surface area contributed by atoms with E-state index in [0.29, 0.717) is 24.3 Å². The summed E-state index contributed by atoms with van der Waals surface area (Å²) in [6.07, 6.45) is 0.191. The molecule has 172 valence electrons. The van der Waals surface area contributed by atoms with Crippen LogP contribution in [0.3, 0.4) is 0 Å². The Hall–Kier alpha value is -2.65. The molecule has 3 amide bonds. The number of benzene rings is 1. The molecule has 3 N–H and O–H groups in total. The van der Waals surface area contributed by atoms with E-state index in [1.807, 2.05) is 0 Å². The molecule has 9 heteroatoms. The van der Waals surface area contributed by atoms with Gasteiger partial charge in [-0.1, -0.05) is 6.07 Å². The first-order valence-electron chi connectivity index (χ1n) is 10.4. The number of nitrogens with one attached hydrogen (secondary N) is 2. The first-order valence-corrected chi connectivity index (χ1v) is 10.4. The van der Waals surface area contributed by atoms with E-state index in [0.717, 1.165) is 12.8 Å². The molecule has 2 unspecified atom stereocenters. The van der Waals surface area contributed by atoms with Gasteiger partial charge in [0.05, 0.1) is 6.54 Å². The summed E-state index contributed by atoms with van der Waals surface area (Å²) in [6, 6.07) is 6.67. The third-order valence-electron chi connectivity index (χ3n) is 4.85. The molecule has 1 saturated heterocycles. The van der Waals surface area contributed by atoms with Crippen LogP contribution < -0.4 is 10.6 Å². The number of hydrogen-bond acceptors (Lipinski definition) is 6. The first kappa shape index (κ1) is 24.6. The van der Waals surface area contributed by atoms with E-state index in [9.17, 15) is 19.5 Å². The lowest BCUT2D eigenvalue weighted by Crippen LogP contribution is -2.42. The maximum Gasteiger partial charge on any atom is 0.407 e. The Morgan fingerprint density at radius 3 is 2.68 bits per heavy atom. The summed E-state index contributed by atoms with van der Waals surface area (Å²) in [4.78, 5) is 38.9. The van der Waals surface area contributed by atoms with Crippen LogP contribution in [-0.4, -0.2) is 73.0 Å². The number of aliphatic hydroxyl groups is 1. The van der Waals surface area contributed by atoms with Crippen LogP contribution in [0.4, 0.5) is 10.5 Å². The van der Waals surface area contributed by atoms with Crippen molar-refractivity contribution in [3.63, 3.8) is 0 Å². The van der Waals surface area contributed by atoms with Gasteiger partial charge in [0.2, 0.25) is 0 Å². The number of hydrogen-bond donors (Lipinski definition) is 3. The Labute approximate surface area is 183 Å². The Balaban J connectivity index is 1.96. The molecule has 1 aromatic rings. The fourth-order valence-corrected chi connectivity index (χ4v) is 3.31. The second-order valence-electron chi connectivity index (χ2n) is 8.62. The lowest BCUT2D eigenvalue weighted by Gasteiger charge is -2.32. The topological polar surface area (TPSA) is 117 Å². The highest BCUT2D eigenvalue weighted by molar-refractivity contribution is 5.98. The van der Waals surface area contributed by atoms with Crippen LogP contribution in [0.15, 0.2) is 24.3 Å². The van der Waals surface area contributed by atoms with Gasteiger partial charge in [0.25, 0.3) is 11.8 Å². The summed E-state index contributed by atoms with van der Waals surface area (Å²) in [5.41, 5.74) is 0.260. The molecule has 0 saturated carbocycles. The molecule has 1 aliphatic rings. The molecule has 2 rings (SSSR count). The van der Waals surface area contributed by atoms with Crippen molar-refractivity contribution in [3.05, 3.63) is 29.8 Å². The Morgan fingerprint density at radius 2 is 2.03 bits per heavy atom. The highest BCUT2D eigenvalue weighted by atomic mass is 16.6. The molecule has 9 nitrogen and oxygen atoms in total. The minimum Gasteiger partial charge on any atom is -0.444 e. The molecule has 0 aliphatic carbocycles. The SMILES string of the molecule is COC(CNC(=O)OC(C)(C)C)C(=O)Nc1cccc(C(=O)N2CCCC(CO)C2)c1. The predicted octanol–water partition coefficient (Wildman–Crippen LogP) is 2.01. The molecule has 1 fully saturated rings. The molecule has 31 heavy (non-hydrogen) atoms. The number of amides is 3. The van der Waals surface area contributed by atoms with E-state index in [-0.39, 0.29) is 25.0 Å². The van der Waals surface area contributed by atoms with E-state index in [4.69, 9.17) is 9.47 Å². The predicted molar refractivity (Wildman–Crippen MR) is 116 cm³/mol. The van der Waals surface area contributed by atoms with E-state index in [1.54, 1.807) is 49.9 Å². The lowest BCUT2D eigenvalue weighted by molar-refractivity contribution is -0.125. The molecule has 0 bridgehead atoms. The van der Waals surface area contributed by atoms with Crippen molar-refractivity contribution >= 4 is 23.6 Å². The second-order valence-corrected chi connectivity index (χ2v) is 8.62. The van der Waals surface area contributed by atoms with Crippen molar-refractivity contribution in [2.24, 2.45) is 5.92 Å². The fraction of sp³-hybridized carbons (Fsp3) is 0.591. The average molecular weight is 436 g/mol. The van der Waals surface area contributed by atoms with E-state index >= 15 is 0 Å². The van der Waals surface area contributed by atoms with Crippen LogP contribution in [0.2, 0.25) is 0 Å². The van der Waals surface area contributed by atoms with Crippen LogP contribution >= 0.6 is 0 Å². The Bertz CT molecular complexity index is 777. The Morgan fingerprint density at radius 1 is 1.29 bits per heavy atom. The van der Waals surface area contributed by atoms with Crippen molar-refractivity contribution in [1.29, 1.82) is 0 Å². The van der Waals surface area contributed by atoms with Crippen molar-refractivity contribution in [2.45, 2.75) is 45.3 Å². The van der Waals surface area contributed by atoms with Gasteiger partial charge in [0, 0.05) is 38.1 Å². The lowest BCUT2D eigenvalue weighted by atomic mass is 9.98. The van der Waals surface area contributed by atoms with Crippen molar-refractivity contribution in [1.82, 2.24) is 10.2 Å². The molecule has 1 heterocycles. The minimum absolute atomic E-state index is 0.0633. The third kappa shape index (κ3) is 7.84. The van der Waals surface area contributed by atoms with Crippen LogP contribution in [-0.2, 0) is 14.3 Å². The summed E-state index contributed by atoms with van der Waals surface area (Å²) < 4.78 is 10.3. The summed E-state index contributed by atoms with van der Waals surface area (Å²) in [5, 5.41) is 14.6. The third-order valence-corrected chi connectivity index (χ3v) is 4.85. The smallest absolute Gasteiger partial charge is 0.407 e. The number of carbonyl (C=O) groups excluding carboxylic acids is 3. The van der Waals surface area contributed by atoms with Gasteiger partial charge in [-0.2, -0.15) is 0 Å². The van der Waals surface area contributed by atoms with Crippen LogP contribution in [0.25, 0.3) is 0 Å². The zero-order chi connectivity index (χ0) is 23.0. The van der Waals surface area contributed by atoms with Crippen LogP contribution in [0, 0.1) is 5.92 Å². The molecule has 0 spiro atoms. The summed E-state index contributed by atoms with van der Waals surface area (Å²) >= 11 is 0. The monoisotopic (exact) mass is 435 g/mol. The number of rotatable bonds is 7. The van der Waals surface area contributed by atoms with E-state index < -0.39 is 23.7 Å². The minimum atomic E-state index is -0.931. The number of piperidine rings is 1. The van der Waals surface area contributed by atoms with E-state index in [2.05, 4.69) is 10.6 Å². The van der Waals surface area contributed by atoms with E-state index in [1.165, 1.54) is 7.11 Å². The van der Waals surface area contributed by atoms with Crippen LogP contribution in [0.5, 0.6) is 0 Å². The molecule has 2 atom stereocenters. The van der Waals surface area contributed by atoms with Gasteiger partial charge < -0.3 is 30.1 Å². The van der Waals surface area contributed by atoms with Gasteiger partial charge in [-0.15, -0.1) is 0 Å². The second kappa shape index (κ2) is 11.1. The van der Waals surface area contributed by atoms with Crippen molar-refractivity contribution in [3.8, 4) is 0 Å². The first-order chi connectivity index (χ1) is 14.6. The number of methoxy groups -OCH3 is 1. The average Bonchev–Trinajstić information content (AvgIpc) is 2.72. The number of carbonyl (C=O) groups is 3. The molecule has 1 aliphatic heterocycles. The number of likely N-dealkylation sites (tertiary alicyclic amines) is 1. The van der Waals surface area contributed by atoms with Gasteiger partial charge in [0.1, 0.15) is 5.60 Å². The number of nitrogens with zero attached hydrogens (tertiary/aromatic N) is 1. The van der Waals surface area contributed by atoms with Crippen LogP contribution in [0.1, 0.15) is 44.0 Å². The zero-order valence-corrected chi connectivity index (χ0v) is 18.6. The van der Waals surface area contributed by atoms with Gasteiger partial charge in [-0.25, -0.2) is 4.79 Å². The zero-order valence-electron chi connectivity index (χ0n) is 18.6. The fourth-order valence-electron chi connectivity index (χ4n) is 3.31. The number of alkyl carbamates (subject to hydrolysis) is 1. The highest BCUT2D eigenvalue weighted by Gasteiger charge is 2.25. The van der Waals surface area contributed by atoms with Gasteiger partial charge in [0.15, 0.2) is 6.10 Å². The number of anilines is 1. The maximum absolute atomic E-state index is 12.8. The van der Waals surface area contributed by atoms with Gasteiger partial charge >= 0.3 is 6.09 Å². The standard InChI is InChI=1S/C22H33N3O6/c1-22(2,3)31-21(29)23-12-18(30-4)19(27)24-17-9-5-8-16(11-17)20(28)25-10-6-7-15(13-25)14-26/h5,8-9,11,15,18,26H,6-7,10,12-14H2,1-4H3,(H,23,29)(H,24,27). The number of aliphatic hydroxyl groups excluding tert-OH is 1. The Kier molecular flexibility index (Phi) is 8.82. The molecular formula is C22H33N3O6. The van der Waals surface area contributed by atoms with Gasteiger partial charge in [-0.3, -0.25) is 9.59 Å². The quantitative estimate of drug-likeness (QED) is 0.603. The summed E-state index contributed by atoms with van der Waals surface area (Å²) in [7, 11) is 1.37. The van der Waals surface area contributed by atoms with Gasteiger partial charge in [-0.05, 0) is 57.7 Å². The molecular weight excluding hydrogens is 402 g/mol. The number of ether oxygens (including phenoxy) is 2. The van der Waals surface area contributed by atoms with Crippen molar-refractivity contribution in [2.75, 3.05) is 38.7 Å². The molecule has 0 aromatic heterocycles. The summed E-state index contributed by atoms with van der Waals surface area (Å²) in [6.45, 7) is 6.41. The molecule has 1 aromatic carbocycles. The maximum atomic E-state index is 12.8. The summed E-state index contributed by atoms with van der Waals surface area (Å²) in [5.74, 6) is -0.494. The normalized spacial score (nSPS) is 17.6. The van der Waals surface area contributed by atoms with Crippen molar-refractivity contribution < 1.29 is 29.0 Å². The highest BCUT2D eigenvalue weighted by Crippen LogP contribution is 2.20.